The van der Waals surface area contributed by atoms with Crippen molar-refractivity contribution < 1.29 is 9.53 Å². The molecule has 0 unspecified atom stereocenters. The number of carbonyl (C=O) groups is 1. The Hall–Kier alpha value is -1.42. The number of anilines is 1. The van der Waals surface area contributed by atoms with E-state index in [2.05, 4.69) is 9.88 Å². The smallest absolute Gasteiger partial charge is 0.183 e. The predicted octanol–water partition coefficient (Wildman–Crippen LogP) is 1.51. The molecule has 4 nitrogen and oxygen atoms in total. The summed E-state index contributed by atoms with van der Waals surface area (Å²) in [5.74, 6) is 0.0992. The van der Waals surface area contributed by atoms with Gasteiger partial charge in [-0.05, 0) is 12.1 Å². The van der Waals surface area contributed by atoms with Crippen LogP contribution in [0.5, 0.6) is 0 Å². The molecule has 16 heavy (non-hydrogen) atoms. The van der Waals surface area contributed by atoms with Gasteiger partial charge in [0.25, 0.3) is 0 Å². The van der Waals surface area contributed by atoms with Crippen molar-refractivity contribution in [3.8, 4) is 0 Å². The summed E-state index contributed by atoms with van der Waals surface area (Å²) >= 11 is 0. The molecule has 1 aliphatic heterocycles. The standard InChI is InChI=1S/C12H16N2O2/c1-2-11(15)12-10(4-3-5-13-12)14-6-8-16-9-7-14/h3-5H,2,6-9H2,1H3. The maximum atomic E-state index is 11.8. The highest BCUT2D eigenvalue weighted by molar-refractivity contribution is 5.99. The average molecular weight is 220 g/mol. The average Bonchev–Trinajstić information content (AvgIpc) is 2.39. The van der Waals surface area contributed by atoms with Crippen LogP contribution in [-0.4, -0.2) is 37.1 Å². The van der Waals surface area contributed by atoms with Gasteiger partial charge in [0.05, 0.1) is 18.9 Å². The lowest BCUT2D eigenvalue weighted by Gasteiger charge is -2.29. The van der Waals surface area contributed by atoms with Crippen LogP contribution >= 0.6 is 0 Å². The minimum atomic E-state index is 0.0992. The highest BCUT2D eigenvalue weighted by Gasteiger charge is 2.18. The lowest BCUT2D eigenvalue weighted by molar-refractivity contribution is 0.0981. The Bertz CT molecular complexity index is 373. The fraction of sp³-hybridized carbons (Fsp3) is 0.500. The number of hydrogen-bond acceptors (Lipinski definition) is 4. The number of nitrogens with zero attached hydrogens (tertiary/aromatic N) is 2. The summed E-state index contributed by atoms with van der Waals surface area (Å²) in [4.78, 5) is 18.1. The van der Waals surface area contributed by atoms with E-state index in [-0.39, 0.29) is 5.78 Å². The maximum absolute atomic E-state index is 11.8. The normalized spacial score (nSPS) is 16.2. The summed E-state index contributed by atoms with van der Waals surface area (Å²) in [5.41, 5.74) is 1.53. The molecule has 1 fully saturated rings. The number of rotatable bonds is 3. The van der Waals surface area contributed by atoms with Crippen molar-refractivity contribution in [2.45, 2.75) is 13.3 Å². The summed E-state index contributed by atoms with van der Waals surface area (Å²) in [7, 11) is 0. The summed E-state index contributed by atoms with van der Waals surface area (Å²) in [6, 6.07) is 3.83. The second kappa shape index (κ2) is 5.07. The maximum Gasteiger partial charge on any atom is 0.183 e. The summed E-state index contributed by atoms with van der Waals surface area (Å²) in [5, 5.41) is 0. The van der Waals surface area contributed by atoms with Crippen LogP contribution in [0.15, 0.2) is 18.3 Å². The Morgan fingerprint density at radius 3 is 2.94 bits per heavy atom. The van der Waals surface area contributed by atoms with E-state index in [0.29, 0.717) is 25.3 Å². The molecule has 2 rings (SSSR count). The number of carbonyl (C=O) groups excluding carboxylic acids is 1. The van der Waals surface area contributed by atoms with E-state index in [0.717, 1.165) is 18.8 Å². The molecule has 0 amide bonds. The van der Waals surface area contributed by atoms with E-state index in [1.165, 1.54) is 0 Å². The van der Waals surface area contributed by atoms with Crippen LogP contribution < -0.4 is 4.90 Å². The molecular formula is C12H16N2O2. The SMILES string of the molecule is CCC(=O)c1ncccc1N1CCOCC1. The molecule has 1 aliphatic rings. The van der Waals surface area contributed by atoms with Gasteiger partial charge >= 0.3 is 0 Å². The second-order valence-electron chi connectivity index (χ2n) is 3.75. The molecule has 0 radical (unpaired) electrons. The molecule has 1 aromatic heterocycles. The summed E-state index contributed by atoms with van der Waals surface area (Å²) in [6.07, 6.45) is 2.17. The molecule has 86 valence electrons. The number of morpholine rings is 1. The van der Waals surface area contributed by atoms with E-state index in [1.807, 2.05) is 19.1 Å². The van der Waals surface area contributed by atoms with E-state index in [9.17, 15) is 4.79 Å². The molecule has 0 N–H and O–H groups in total. The number of Topliss-reactive ketones (excluding diaryl/α,β-unsaturated/α-hetero) is 1. The fourth-order valence-corrected chi connectivity index (χ4v) is 1.84. The van der Waals surface area contributed by atoms with Crippen LogP contribution in [0.25, 0.3) is 0 Å². The van der Waals surface area contributed by atoms with Gasteiger partial charge in [0, 0.05) is 25.7 Å². The lowest BCUT2D eigenvalue weighted by Crippen LogP contribution is -2.37. The van der Waals surface area contributed by atoms with Crippen LogP contribution in [0.2, 0.25) is 0 Å². The quantitative estimate of drug-likeness (QED) is 0.724. The van der Waals surface area contributed by atoms with Gasteiger partial charge in [0.2, 0.25) is 0 Å². The topological polar surface area (TPSA) is 42.4 Å². The first-order valence-corrected chi connectivity index (χ1v) is 5.64. The zero-order valence-corrected chi connectivity index (χ0v) is 9.48. The molecule has 2 heterocycles. The highest BCUT2D eigenvalue weighted by atomic mass is 16.5. The van der Waals surface area contributed by atoms with Crippen molar-refractivity contribution in [2.24, 2.45) is 0 Å². The van der Waals surface area contributed by atoms with Gasteiger partial charge in [0.1, 0.15) is 5.69 Å². The first kappa shape index (κ1) is 11.1. The molecule has 0 atom stereocenters. The minimum absolute atomic E-state index is 0.0992. The molecular weight excluding hydrogens is 204 g/mol. The van der Waals surface area contributed by atoms with Gasteiger partial charge in [-0.3, -0.25) is 9.78 Å². The molecule has 1 aromatic rings. The van der Waals surface area contributed by atoms with E-state index in [4.69, 9.17) is 4.74 Å². The molecule has 0 bridgehead atoms. The fourth-order valence-electron chi connectivity index (χ4n) is 1.84. The zero-order valence-electron chi connectivity index (χ0n) is 9.48. The Balaban J connectivity index is 2.28. The van der Waals surface area contributed by atoms with Gasteiger partial charge in [0.15, 0.2) is 5.78 Å². The number of pyridine rings is 1. The third-order valence-corrected chi connectivity index (χ3v) is 2.72. The van der Waals surface area contributed by atoms with E-state index >= 15 is 0 Å². The lowest BCUT2D eigenvalue weighted by atomic mass is 10.1. The predicted molar refractivity (Wildman–Crippen MR) is 61.9 cm³/mol. The molecule has 1 saturated heterocycles. The van der Waals surface area contributed by atoms with E-state index in [1.54, 1.807) is 6.20 Å². The highest BCUT2D eigenvalue weighted by Crippen LogP contribution is 2.20. The molecule has 0 aromatic carbocycles. The number of ketones is 1. The third kappa shape index (κ3) is 2.22. The minimum Gasteiger partial charge on any atom is -0.378 e. The van der Waals surface area contributed by atoms with Gasteiger partial charge in [-0.2, -0.15) is 0 Å². The van der Waals surface area contributed by atoms with Gasteiger partial charge in [-0.1, -0.05) is 6.92 Å². The van der Waals surface area contributed by atoms with E-state index < -0.39 is 0 Å². The van der Waals surface area contributed by atoms with Crippen molar-refractivity contribution >= 4 is 11.5 Å². The van der Waals surface area contributed by atoms with Crippen LogP contribution in [-0.2, 0) is 4.74 Å². The van der Waals surface area contributed by atoms with Crippen molar-refractivity contribution in [2.75, 3.05) is 31.2 Å². The van der Waals surface area contributed by atoms with Crippen LogP contribution in [0, 0.1) is 0 Å². The third-order valence-electron chi connectivity index (χ3n) is 2.72. The number of aromatic nitrogens is 1. The van der Waals surface area contributed by atoms with Crippen molar-refractivity contribution in [3.63, 3.8) is 0 Å². The van der Waals surface area contributed by atoms with Crippen molar-refractivity contribution in [3.05, 3.63) is 24.0 Å². The van der Waals surface area contributed by atoms with Gasteiger partial charge in [-0.25, -0.2) is 0 Å². The monoisotopic (exact) mass is 220 g/mol. The Morgan fingerprint density at radius 1 is 1.50 bits per heavy atom. The van der Waals surface area contributed by atoms with Crippen LogP contribution in [0.1, 0.15) is 23.8 Å². The first-order chi connectivity index (χ1) is 7.83. The second-order valence-corrected chi connectivity index (χ2v) is 3.75. The summed E-state index contributed by atoms with van der Waals surface area (Å²) in [6.45, 7) is 4.95. The number of hydrogen-bond donors (Lipinski definition) is 0. The first-order valence-electron chi connectivity index (χ1n) is 5.64. The van der Waals surface area contributed by atoms with Crippen LogP contribution in [0.3, 0.4) is 0 Å². The Morgan fingerprint density at radius 2 is 2.25 bits per heavy atom. The molecule has 0 aliphatic carbocycles. The van der Waals surface area contributed by atoms with Gasteiger partial charge in [-0.15, -0.1) is 0 Å². The zero-order chi connectivity index (χ0) is 11.4. The van der Waals surface area contributed by atoms with Crippen molar-refractivity contribution in [1.82, 2.24) is 4.98 Å². The number of ether oxygens (including phenoxy) is 1. The summed E-state index contributed by atoms with van der Waals surface area (Å²) < 4.78 is 5.30. The van der Waals surface area contributed by atoms with Crippen molar-refractivity contribution in [1.29, 1.82) is 0 Å². The molecule has 0 saturated carbocycles. The largest absolute Gasteiger partial charge is 0.378 e. The van der Waals surface area contributed by atoms with Gasteiger partial charge < -0.3 is 9.64 Å². The molecule has 4 heteroatoms. The Kier molecular flexibility index (Phi) is 3.51. The molecule has 0 spiro atoms. The van der Waals surface area contributed by atoms with Crippen LogP contribution in [0.4, 0.5) is 5.69 Å². The Labute approximate surface area is 95.2 Å².